The highest BCUT2D eigenvalue weighted by Crippen LogP contribution is 2.33. The topological polar surface area (TPSA) is 85.7 Å². The van der Waals surface area contributed by atoms with E-state index in [4.69, 9.17) is 0 Å². The lowest BCUT2D eigenvalue weighted by Crippen LogP contribution is -2.50. The van der Waals surface area contributed by atoms with E-state index in [0.717, 1.165) is 16.7 Å². The molecule has 0 spiro atoms. The summed E-state index contributed by atoms with van der Waals surface area (Å²) in [5, 5.41) is 24.2. The Labute approximate surface area is 158 Å². The van der Waals surface area contributed by atoms with Crippen molar-refractivity contribution >= 4 is 6.03 Å². The highest BCUT2D eigenvalue weighted by Gasteiger charge is 2.38. The molecule has 4 rings (SSSR count). The number of likely N-dealkylation sites (tertiary alicyclic amines) is 1. The van der Waals surface area contributed by atoms with Crippen LogP contribution >= 0.6 is 0 Å². The smallest absolute Gasteiger partial charge is 0.317 e. The third-order valence-corrected chi connectivity index (χ3v) is 5.75. The first-order chi connectivity index (χ1) is 13.0. The number of urea groups is 1. The molecule has 142 valence electrons. The summed E-state index contributed by atoms with van der Waals surface area (Å²) in [5.41, 5.74) is 2.77. The van der Waals surface area contributed by atoms with Gasteiger partial charge in [-0.2, -0.15) is 0 Å². The number of aryl methyl sites for hydroxylation is 1. The van der Waals surface area contributed by atoms with Crippen LogP contribution in [0.2, 0.25) is 0 Å². The number of nitrogens with zero attached hydrogens (tertiary/aromatic N) is 2. The highest BCUT2D eigenvalue weighted by atomic mass is 16.3. The number of hydrogen-bond acceptors (Lipinski definition) is 4. The van der Waals surface area contributed by atoms with Crippen LogP contribution < -0.4 is 5.32 Å². The van der Waals surface area contributed by atoms with Gasteiger partial charge in [-0.25, -0.2) is 4.79 Å². The van der Waals surface area contributed by atoms with Crippen LogP contribution in [0.25, 0.3) is 0 Å². The summed E-state index contributed by atoms with van der Waals surface area (Å²) in [7, 11) is 0. The fourth-order valence-corrected chi connectivity index (χ4v) is 4.05. The molecule has 27 heavy (non-hydrogen) atoms. The first kappa shape index (κ1) is 17.9. The average molecular weight is 367 g/mol. The lowest BCUT2D eigenvalue weighted by atomic mass is 9.87. The maximum Gasteiger partial charge on any atom is 0.317 e. The summed E-state index contributed by atoms with van der Waals surface area (Å²) >= 11 is 0. The van der Waals surface area contributed by atoms with E-state index >= 15 is 0 Å². The summed E-state index contributed by atoms with van der Waals surface area (Å²) in [6, 6.07) is 11.0. The van der Waals surface area contributed by atoms with Gasteiger partial charge in [0.2, 0.25) is 0 Å². The Morgan fingerprint density at radius 1 is 1.22 bits per heavy atom. The lowest BCUT2D eigenvalue weighted by Gasteiger charge is -2.38. The molecule has 1 aliphatic carbocycles. The SMILES string of the molecule is Cc1ccc(C2(O)CCN(C(=O)N[C@@H]3c4ccccc4C[C@H]3O)CC2)nc1. The third kappa shape index (κ3) is 3.42. The fourth-order valence-electron chi connectivity index (χ4n) is 4.05. The number of aromatic nitrogens is 1. The number of carbonyl (C=O) groups is 1. The minimum atomic E-state index is -0.996. The van der Waals surface area contributed by atoms with E-state index in [1.807, 2.05) is 43.3 Å². The fraction of sp³-hybridized carbons (Fsp3) is 0.429. The lowest BCUT2D eigenvalue weighted by molar-refractivity contribution is -0.0209. The van der Waals surface area contributed by atoms with Gasteiger partial charge in [0.05, 0.1) is 17.8 Å². The number of aliphatic hydroxyl groups is 2. The minimum absolute atomic E-state index is 0.199. The molecule has 0 radical (unpaired) electrons. The molecule has 2 aromatic rings. The Balaban J connectivity index is 1.40. The number of piperidine rings is 1. The standard InChI is InChI=1S/C21H25N3O3/c1-14-6-7-18(22-13-14)21(27)8-10-24(11-9-21)20(26)23-19-16-5-3-2-4-15(16)12-17(19)25/h2-7,13,17,19,25,27H,8-12H2,1H3,(H,23,26)/t17-,19-/m1/s1. The molecule has 0 saturated carbocycles. The van der Waals surface area contributed by atoms with Crippen molar-refractivity contribution in [1.29, 1.82) is 0 Å². The maximum atomic E-state index is 12.7. The molecule has 6 heteroatoms. The second kappa shape index (κ2) is 6.94. The number of rotatable bonds is 2. The minimum Gasteiger partial charge on any atom is -0.390 e. The Bertz CT molecular complexity index is 829. The summed E-state index contributed by atoms with van der Waals surface area (Å²) in [5.74, 6) is 0. The van der Waals surface area contributed by atoms with Gasteiger partial charge in [0.1, 0.15) is 5.60 Å². The quantitative estimate of drug-likeness (QED) is 0.758. The summed E-state index contributed by atoms with van der Waals surface area (Å²) in [4.78, 5) is 18.8. The summed E-state index contributed by atoms with van der Waals surface area (Å²) in [6.45, 7) is 2.86. The van der Waals surface area contributed by atoms with Crippen LogP contribution in [0.15, 0.2) is 42.6 Å². The van der Waals surface area contributed by atoms with Crippen molar-refractivity contribution in [3.05, 3.63) is 65.0 Å². The predicted molar refractivity (Wildman–Crippen MR) is 101 cm³/mol. The summed E-state index contributed by atoms with van der Waals surface area (Å²) in [6.07, 6.45) is 2.59. The first-order valence-corrected chi connectivity index (χ1v) is 9.43. The Kier molecular flexibility index (Phi) is 4.61. The van der Waals surface area contributed by atoms with Gasteiger partial charge in [0.25, 0.3) is 0 Å². The molecule has 0 unspecified atom stereocenters. The summed E-state index contributed by atoms with van der Waals surface area (Å²) < 4.78 is 0. The molecule has 3 N–H and O–H groups in total. The zero-order chi connectivity index (χ0) is 19.0. The number of hydrogen-bond donors (Lipinski definition) is 3. The van der Waals surface area contributed by atoms with Gasteiger partial charge in [-0.1, -0.05) is 30.3 Å². The molecule has 1 aromatic heterocycles. The third-order valence-electron chi connectivity index (χ3n) is 5.75. The number of benzene rings is 1. The molecule has 2 atom stereocenters. The van der Waals surface area contributed by atoms with Crippen molar-refractivity contribution in [2.45, 2.75) is 43.9 Å². The van der Waals surface area contributed by atoms with E-state index < -0.39 is 11.7 Å². The van der Waals surface area contributed by atoms with E-state index in [1.54, 1.807) is 11.1 Å². The van der Waals surface area contributed by atoms with Gasteiger partial charge in [-0.05, 0) is 42.5 Å². The zero-order valence-electron chi connectivity index (χ0n) is 15.4. The molecule has 0 bridgehead atoms. The van der Waals surface area contributed by atoms with Crippen molar-refractivity contribution in [3.63, 3.8) is 0 Å². The van der Waals surface area contributed by atoms with Crippen molar-refractivity contribution in [3.8, 4) is 0 Å². The van der Waals surface area contributed by atoms with Crippen molar-refractivity contribution < 1.29 is 15.0 Å². The molecule has 1 saturated heterocycles. The van der Waals surface area contributed by atoms with Crippen molar-refractivity contribution in [1.82, 2.24) is 15.2 Å². The van der Waals surface area contributed by atoms with Gasteiger partial charge in [-0.15, -0.1) is 0 Å². The molecule has 1 aliphatic heterocycles. The number of aliphatic hydroxyl groups excluding tert-OH is 1. The number of pyridine rings is 1. The highest BCUT2D eigenvalue weighted by molar-refractivity contribution is 5.75. The number of amides is 2. The molecular weight excluding hydrogens is 342 g/mol. The van der Waals surface area contributed by atoms with E-state index in [2.05, 4.69) is 10.3 Å². The van der Waals surface area contributed by atoms with Gasteiger partial charge in [0, 0.05) is 25.7 Å². The van der Waals surface area contributed by atoms with E-state index in [9.17, 15) is 15.0 Å². The van der Waals surface area contributed by atoms with E-state index in [-0.39, 0.29) is 12.1 Å². The largest absolute Gasteiger partial charge is 0.390 e. The van der Waals surface area contributed by atoms with Crippen LogP contribution in [0, 0.1) is 6.92 Å². The van der Waals surface area contributed by atoms with Crippen molar-refractivity contribution in [2.24, 2.45) is 0 Å². The van der Waals surface area contributed by atoms with Gasteiger partial charge < -0.3 is 20.4 Å². The molecular formula is C21H25N3O3. The monoisotopic (exact) mass is 367 g/mol. The Hall–Kier alpha value is -2.44. The number of nitrogens with one attached hydrogen (secondary N) is 1. The molecule has 6 nitrogen and oxygen atoms in total. The second-order valence-corrected chi connectivity index (χ2v) is 7.64. The van der Waals surface area contributed by atoms with E-state index in [0.29, 0.717) is 38.0 Å². The molecule has 2 heterocycles. The number of carbonyl (C=O) groups excluding carboxylic acids is 1. The Morgan fingerprint density at radius 3 is 2.67 bits per heavy atom. The van der Waals surface area contributed by atoms with Crippen LogP contribution in [-0.2, 0) is 12.0 Å². The van der Waals surface area contributed by atoms with Gasteiger partial charge in [-0.3, -0.25) is 4.98 Å². The first-order valence-electron chi connectivity index (χ1n) is 9.43. The second-order valence-electron chi connectivity index (χ2n) is 7.64. The van der Waals surface area contributed by atoms with Crippen LogP contribution in [0.4, 0.5) is 4.79 Å². The van der Waals surface area contributed by atoms with Crippen LogP contribution in [-0.4, -0.2) is 45.3 Å². The van der Waals surface area contributed by atoms with E-state index in [1.165, 1.54) is 0 Å². The van der Waals surface area contributed by atoms with Gasteiger partial charge in [0.15, 0.2) is 0 Å². The van der Waals surface area contributed by atoms with Crippen LogP contribution in [0.3, 0.4) is 0 Å². The molecule has 2 amide bonds. The molecule has 2 aliphatic rings. The maximum absolute atomic E-state index is 12.7. The Morgan fingerprint density at radius 2 is 1.96 bits per heavy atom. The van der Waals surface area contributed by atoms with Crippen molar-refractivity contribution in [2.75, 3.05) is 13.1 Å². The molecule has 1 aromatic carbocycles. The zero-order valence-corrected chi connectivity index (χ0v) is 15.4. The number of fused-ring (bicyclic) bond motifs is 1. The molecule has 1 fully saturated rings. The average Bonchev–Trinajstić information content (AvgIpc) is 2.98. The van der Waals surface area contributed by atoms with Crippen LogP contribution in [0.1, 0.15) is 41.3 Å². The predicted octanol–water partition coefficient (Wildman–Crippen LogP) is 2.04. The normalized spacial score (nSPS) is 23.7. The van der Waals surface area contributed by atoms with Gasteiger partial charge >= 0.3 is 6.03 Å². The van der Waals surface area contributed by atoms with Crippen LogP contribution in [0.5, 0.6) is 0 Å².